The topological polar surface area (TPSA) is 53.5 Å². The van der Waals surface area contributed by atoms with Crippen LogP contribution in [0.5, 0.6) is 11.5 Å². The Balaban J connectivity index is 2.56. The van der Waals surface area contributed by atoms with Crippen molar-refractivity contribution in [1.29, 1.82) is 0 Å². The molecule has 0 bridgehead atoms. The van der Waals surface area contributed by atoms with Crippen LogP contribution in [0.4, 0.5) is 0 Å². The van der Waals surface area contributed by atoms with Gasteiger partial charge in [0.15, 0.2) is 17.3 Å². The van der Waals surface area contributed by atoms with Gasteiger partial charge in [-0.15, -0.1) is 0 Å². The molecule has 5 nitrogen and oxygen atoms in total. The van der Waals surface area contributed by atoms with E-state index in [1.165, 1.54) is 0 Å². The van der Waals surface area contributed by atoms with E-state index >= 15 is 0 Å². The average molecular weight is 295 g/mol. The summed E-state index contributed by atoms with van der Waals surface area (Å²) < 4.78 is 15.7. The lowest BCUT2D eigenvalue weighted by molar-refractivity contribution is 0.178. The van der Waals surface area contributed by atoms with Gasteiger partial charge in [-0.3, -0.25) is 0 Å². The van der Waals surface area contributed by atoms with E-state index in [-0.39, 0.29) is 0 Å². The second-order valence-corrected chi connectivity index (χ2v) is 4.35. The minimum absolute atomic E-state index is 0.292. The predicted molar refractivity (Wildman–Crippen MR) is 76.3 cm³/mol. The van der Waals surface area contributed by atoms with Crippen LogP contribution in [0, 0.1) is 0 Å². The van der Waals surface area contributed by atoms with Crippen LogP contribution in [0.3, 0.4) is 0 Å². The molecule has 0 saturated carbocycles. The van der Waals surface area contributed by atoms with E-state index in [9.17, 15) is 0 Å². The maximum Gasteiger partial charge on any atom is 0.170 e. The van der Waals surface area contributed by atoms with E-state index in [0.717, 1.165) is 5.56 Å². The van der Waals surface area contributed by atoms with E-state index in [1.54, 1.807) is 27.4 Å². The molecule has 1 aromatic carbocycles. The number of hydrogen-bond donors (Lipinski definition) is 0. The number of benzene rings is 1. The van der Waals surface area contributed by atoms with Crippen molar-refractivity contribution in [3.63, 3.8) is 0 Å². The molecular weight excluding hydrogens is 280 g/mol. The van der Waals surface area contributed by atoms with Gasteiger partial charge in [-0.2, -0.15) is 0 Å². The zero-order valence-electron chi connectivity index (χ0n) is 11.5. The van der Waals surface area contributed by atoms with Gasteiger partial charge in [0.05, 0.1) is 19.9 Å². The Bertz CT molecular complexity index is 605. The molecule has 0 aliphatic rings. The SMILES string of the molecule is COCc1nc(Cl)cc(-c2cccc(OC)c2OC)n1. The Hall–Kier alpha value is -1.85. The zero-order valence-corrected chi connectivity index (χ0v) is 12.3. The van der Waals surface area contributed by atoms with Crippen LogP contribution in [0.1, 0.15) is 5.82 Å². The first kappa shape index (κ1) is 14.6. The number of hydrogen-bond acceptors (Lipinski definition) is 5. The molecule has 0 atom stereocenters. The van der Waals surface area contributed by atoms with Crippen LogP contribution in [0.2, 0.25) is 5.15 Å². The first-order valence-electron chi connectivity index (χ1n) is 5.93. The van der Waals surface area contributed by atoms with Gasteiger partial charge < -0.3 is 14.2 Å². The van der Waals surface area contributed by atoms with Crippen LogP contribution >= 0.6 is 11.6 Å². The van der Waals surface area contributed by atoms with Crippen LogP contribution in [-0.4, -0.2) is 31.3 Å². The van der Waals surface area contributed by atoms with Crippen molar-refractivity contribution in [2.75, 3.05) is 21.3 Å². The molecule has 2 aromatic rings. The van der Waals surface area contributed by atoms with E-state index in [0.29, 0.717) is 34.8 Å². The lowest BCUT2D eigenvalue weighted by Crippen LogP contribution is -2.00. The first-order chi connectivity index (χ1) is 9.69. The highest BCUT2D eigenvalue weighted by atomic mass is 35.5. The van der Waals surface area contributed by atoms with E-state index in [1.807, 2.05) is 18.2 Å². The fourth-order valence-corrected chi connectivity index (χ4v) is 2.09. The second-order valence-electron chi connectivity index (χ2n) is 3.97. The molecule has 0 spiro atoms. The fraction of sp³-hybridized carbons (Fsp3) is 0.286. The van der Waals surface area contributed by atoms with Crippen LogP contribution in [-0.2, 0) is 11.3 Å². The molecule has 2 rings (SSSR count). The predicted octanol–water partition coefficient (Wildman–Crippen LogP) is 2.96. The summed E-state index contributed by atoms with van der Waals surface area (Å²) in [6.45, 7) is 0.292. The largest absolute Gasteiger partial charge is 0.493 e. The number of halogens is 1. The Labute approximate surface area is 122 Å². The Morgan fingerprint density at radius 3 is 2.55 bits per heavy atom. The van der Waals surface area contributed by atoms with Crippen molar-refractivity contribution < 1.29 is 14.2 Å². The summed E-state index contributed by atoms with van der Waals surface area (Å²) in [6.07, 6.45) is 0. The average Bonchev–Trinajstić information content (AvgIpc) is 2.46. The van der Waals surface area contributed by atoms with Gasteiger partial charge in [-0.1, -0.05) is 17.7 Å². The third-order valence-electron chi connectivity index (χ3n) is 2.69. The van der Waals surface area contributed by atoms with Crippen LogP contribution < -0.4 is 9.47 Å². The highest BCUT2D eigenvalue weighted by molar-refractivity contribution is 6.29. The fourth-order valence-electron chi connectivity index (χ4n) is 1.89. The molecule has 106 valence electrons. The molecule has 0 aliphatic carbocycles. The summed E-state index contributed by atoms with van der Waals surface area (Å²) in [6, 6.07) is 7.25. The summed E-state index contributed by atoms with van der Waals surface area (Å²) in [5.74, 6) is 1.75. The smallest absolute Gasteiger partial charge is 0.170 e. The van der Waals surface area contributed by atoms with Gasteiger partial charge in [-0.05, 0) is 12.1 Å². The van der Waals surface area contributed by atoms with Crippen molar-refractivity contribution in [2.45, 2.75) is 6.61 Å². The molecular formula is C14H15ClN2O3. The maximum atomic E-state index is 6.03. The summed E-state index contributed by atoms with van der Waals surface area (Å²) >= 11 is 6.03. The Morgan fingerprint density at radius 1 is 1.10 bits per heavy atom. The molecule has 0 radical (unpaired) electrons. The lowest BCUT2D eigenvalue weighted by atomic mass is 10.1. The van der Waals surface area contributed by atoms with E-state index in [2.05, 4.69) is 9.97 Å². The van der Waals surface area contributed by atoms with Crippen molar-refractivity contribution in [2.24, 2.45) is 0 Å². The summed E-state index contributed by atoms with van der Waals surface area (Å²) in [4.78, 5) is 8.53. The number of aromatic nitrogens is 2. The molecule has 6 heteroatoms. The van der Waals surface area contributed by atoms with Gasteiger partial charge in [0.25, 0.3) is 0 Å². The van der Waals surface area contributed by atoms with Gasteiger partial charge in [-0.25, -0.2) is 9.97 Å². The maximum absolute atomic E-state index is 6.03. The zero-order chi connectivity index (χ0) is 14.5. The minimum Gasteiger partial charge on any atom is -0.493 e. The summed E-state index contributed by atoms with van der Waals surface area (Å²) in [7, 11) is 4.75. The van der Waals surface area contributed by atoms with Crippen molar-refractivity contribution >= 4 is 11.6 Å². The molecule has 0 aliphatic heterocycles. The van der Waals surface area contributed by atoms with Crippen molar-refractivity contribution in [3.05, 3.63) is 35.2 Å². The molecule has 1 heterocycles. The number of para-hydroxylation sites is 1. The Kier molecular flexibility index (Phi) is 4.76. The normalized spacial score (nSPS) is 10.4. The lowest BCUT2D eigenvalue weighted by Gasteiger charge is -2.12. The molecule has 0 N–H and O–H groups in total. The van der Waals surface area contributed by atoms with E-state index < -0.39 is 0 Å². The highest BCUT2D eigenvalue weighted by Gasteiger charge is 2.14. The summed E-state index contributed by atoms with van der Waals surface area (Å²) in [5, 5.41) is 0.354. The summed E-state index contributed by atoms with van der Waals surface area (Å²) in [5.41, 5.74) is 1.45. The van der Waals surface area contributed by atoms with Gasteiger partial charge in [0, 0.05) is 18.7 Å². The third-order valence-corrected chi connectivity index (χ3v) is 2.89. The third kappa shape index (κ3) is 3.00. The number of rotatable bonds is 5. The van der Waals surface area contributed by atoms with Gasteiger partial charge in [0.1, 0.15) is 11.8 Å². The molecule has 0 unspecified atom stereocenters. The van der Waals surface area contributed by atoms with Gasteiger partial charge >= 0.3 is 0 Å². The molecule has 0 saturated heterocycles. The number of nitrogens with zero attached hydrogens (tertiary/aromatic N) is 2. The molecule has 20 heavy (non-hydrogen) atoms. The van der Waals surface area contributed by atoms with Crippen molar-refractivity contribution in [3.8, 4) is 22.8 Å². The molecule has 1 aromatic heterocycles. The standard InChI is InChI=1S/C14H15ClN2O3/c1-18-8-13-16-10(7-12(15)17-13)9-5-4-6-11(19-2)14(9)20-3/h4-7H,8H2,1-3H3. The minimum atomic E-state index is 0.292. The van der Waals surface area contributed by atoms with Crippen LogP contribution in [0.25, 0.3) is 11.3 Å². The number of ether oxygens (including phenoxy) is 3. The monoisotopic (exact) mass is 294 g/mol. The quantitative estimate of drug-likeness (QED) is 0.794. The van der Waals surface area contributed by atoms with Crippen molar-refractivity contribution in [1.82, 2.24) is 9.97 Å². The van der Waals surface area contributed by atoms with Gasteiger partial charge in [0.2, 0.25) is 0 Å². The van der Waals surface area contributed by atoms with Crippen LogP contribution in [0.15, 0.2) is 24.3 Å². The Morgan fingerprint density at radius 2 is 1.90 bits per heavy atom. The second kappa shape index (κ2) is 6.54. The highest BCUT2D eigenvalue weighted by Crippen LogP contribution is 2.37. The van der Waals surface area contributed by atoms with E-state index in [4.69, 9.17) is 25.8 Å². The first-order valence-corrected chi connectivity index (χ1v) is 6.31. The number of methoxy groups -OCH3 is 3. The molecule has 0 amide bonds. The molecule has 0 fully saturated rings.